The molecule has 9 heteroatoms. The van der Waals surface area contributed by atoms with Crippen LogP contribution in [0.1, 0.15) is 5.56 Å². The molecule has 3 rings (SSSR count). The number of thiophene rings is 1. The van der Waals surface area contributed by atoms with E-state index in [1.807, 2.05) is 19.2 Å². The minimum absolute atomic E-state index is 0. The van der Waals surface area contributed by atoms with Crippen LogP contribution in [0.25, 0.3) is 0 Å². The summed E-state index contributed by atoms with van der Waals surface area (Å²) in [6.07, 6.45) is 2.05. The molecule has 1 aliphatic rings. The first-order valence-corrected chi connectivity index (χ1v) is 11.8. The van der Waals surface area contributed by atoms with Crippen molar-refractivity contribution in [2.24, 2.45) is 4.99 Å². The van der Waals surface area contributed by atoms with Gasteiger partial charge in [-0.15, -0.1) is 35.3 Å². The Morgan fingerprint density at radius 2 is 1.82 bits per heavy atom. The van der Waals surface area contributed by atoms with Gasteiger partial charge in [-0.05, 0) is 41.6 Å². The highest BCUT2D eigenvalue weighted by molar-refractivity contribution is 14.0. The Balaban J connectivity index is 0.00000280. The third-order valence-corrected chi connectivity index (χ3v) is 6.71. The number of hydrogen-bond acceptors (Lipinski definition) is 5. The Kier molecular flexibility index (Phi) is 8.56. The fraction of sp³-hybridized carbons (Fsp3) is 0.421. The van der Waals surface area contributed by atoms with Crippen molar-refractivity contribution >= 4 is 56.1 Å². The van der Waals surface area contributed by atoms with Crippen molar-refractivity contribution in [3.8, 4) is 0 Å². The molecule has 1 fully saturated rings. The monoisotopic (exact) mass is 534 g/mol. The first-order valence-electron chi connectivity index (χ1n) is 9.00. The van der Waals surface area contributed by atoms with Gasteiger partial charge in [-0.3, -0.25) is 4.99 Å². The molecule has 0 aliphatic carbocycles. The number of nitrogens with zero attached hydrogens (tertiary/aromatic N) is 3. The van der Waals surface area contributed by atoms with E-state index in [4.69, 9.17) is 0 Å². The largest absolute Gasteiger partial charge is 0.360 e. The van der Waals surface area contributed by atoms with E-state index in [2.05, 4.69) is 37.6 Å². The van der Waals surface area contributed by atoms with E-state index in [0.717, 1.165) is 50.7 Å². The summed E-state index contributed by atoms with van der Waals surface area (Å²) in [5, 5.41) is 6.87. The zero-order valence-corrected chi connectivity index (χ0v) is 20.1. The van der Waals surface area contributed by atoms with Crippen LogP contribution < -0.4 is 10.2 Å². The number of rotatable bonds is 5. The predicted octanol–water partition coefficient (Wildman–Crippen LogP) is 2.71. The summed E-state index contributed by atoms with van der Waals surface area (Å²) in [4.78, 5) is 9.48. The SMILES string of the molecule is CN=C(NCCc1ccc(S(C)(=O)=O)cc1)N1CCN(c2cccs2)CC1.I. The Hall–Kier alpha value is -1.33. The number of hydrogen-bond donors (Lipinski definition) is 1. The van der Waals surface area contributed by atoms with Gasteiger partial charge in [0, 0.05) is 46.0 Å². The van der Waals surface area contributed by atoms with Gasteiger partial charge in [0.2, 0.25) is 0 Å². The normalized spacial score (nSPS) is 15.3. The lowest BCUT2D eigenvalue weighted by Crippen LogP contribution is -2.52. The van der Waals surface area contributed by atoms with Crippen molar-refractivity contribution < 1.29 is 8.42 Å². The van der Waals surface area contributed by atoms with E-state index in [9.17, 15) is 8.42 Å². The number of benzene rings is 1. The van der Waals surface area contributed by atoms with E-state index in [0.29, 0.717) is 4.90 Å². The highest BCUT2D eigenvalue weighted by Crippen LogP contribution is 2.22. The van der Waals surface area contributed by atoms with Crippen LogP contribution in [0.3, 0.4) is 0 Å². The second kappa shape index (κ2) is 10.4. The van der Waals surface area contributed by atoms with Crippen LogP contribution in [-0.2, 0) is 16.3 Å². The molecule has 6 nitrogen and oxygen atoms in total. The molecule has 0 unspecified atom stereocenters. The minimum Gasteiger partial charge on any atom is -0.360 e. The molecule has 1 aromatic heterocycles. The maximum Gasteiger partial charge on any atom is 0.193 e. The first-order chi connectivity index (χ1) is 13.0. The van der Waals surface area contributed by atoms with E-state index in [1.54, 1.807) is 23.5 Å². The fourth-order valence-corrected chi connectivity index (χ4v) is 4.56. The van der Waals surface area contributed by atoms with Crippen LogP contribution >= 0.6 is 35.3 Å². The maximum atomic E-state index is 11.5. The van der Waals surface area contributed by atoms with Crippen molar-refractivity contribution in [1.29, 1.82) is 0 Å². The van der Waals surface area contributed by atoms with Crippen LogP contribution in [0.2, 0.25) is 0 Å². The molecule has 0 spiro atoms. The van der Waals surface area contributed by atoms with Crippen LogP contribution in [-0.4, -0.2) is 65.3 Å². The molecule has 1 aromatic carbocycles. The van der Waals surface area contributed by atoms with Gasteiger partial charge in [-0.1, -0.05) is 12.1 Å². The molecule has 2 heterocycles. The van der Waals surface area contributed by atoms with Crippen LogP contribution in [0.4, 0.5) is 5.00 Å². The number of aliphatic imine (C=N–C) groups is 1. The van der Waals surface area contributed by atoms with Crippen LogP contribution in [0.5, 0.6) is 0 Å². The average Bonchev–Trinajstić information content (AvgIpc) is 3.20. The number of guanidine groups is 1. The van der Waals surface area contributed by atoms with Gasteiger partial charge in [0.15, 0.2) is 15.8 Å². The van der Waals surface area contributed by atoms with E-state index >= 15 is 0 Å². The van der Waals surface area contributed by atoms with Crippen LogP contribution in [0, 0.1) is 0 Å². The highest BCUT2D eigenvalue weighted by Gasteiger charge is 2.20. The Labute approximate surface area is 188 Å². The van der Waals surface area contributed by atoms with E-state index in [1.165, 1.54) is 11.3 Å². The van der Waals surface area contributed by atoms with Crippen molar-refractivity contribution in [2.45, 2.75) is 11.3 Å². The third kappa shape index (κ3) is 6.08. The molecule has 1 aliphatic heterocycles. The lowest BCUT2D eigenvalue weighted by atomic mass is 10.1. The number of halogens is 1. The summed E-state index contributed by atoms with van der Waals surface area (Å²) >= 11 is 1.78. The molecule has 0 saturated carbocycles. The Morgan fingerprint density at radius 3 is 2.36 bits per heavy atom. The number of sulfone groups is 1. The number of anilines is 1. The van der Waals surface area contributed by atoms with E-state index in [-0.39, 0.29) is 24.0 Å². The van der Waals surface area contributed by atoms with Crippen molar-refractivity contribution in [2.75, 3.05) is 50.9 Å². The summed E-state index contributed by atoms with van der Waals surface area (Å²) in [5.74, 6) is 0.925. The minimum atomic E-state index is -3.14. The van der Waals surface area contributed by atoms with Gasteiger partial charge in [-0.2, -0.15) is 0 Å². The first kappa shape index (κ1) is 23.0. The van der Waals surface area contributed by atoms with Gasteiger partial charge in [0.05, 0.1) is 9.90 Å². The van der Waals surface area contributed by atoms with E-state index < -0.39 is 9.84 Å². The summed E-state index contributed by atoms with van der Waals surface area (Å²) in [6, 6.07) is 11.4. The summed E-state index contributed by atoms with van der Waals surface area (Å²) in [7, 11) is -1.32. The fourth-order valence-electron chi connectivity index (χ4n) is 3.14. The van der Waals surface area contributed by atoms with Gasteiger partial charge >= 0.3 is 0 Å². The molecule has 0 radical (unpaired) electrons. The van der Waals surface area contributed by atoms with Gasteiger partial charge in [0.1, 0.15) is 0 Å². The van der Waals surface area contributed by atoms with Gasteiger partial charge in [0.25, 0.3) is 0 Å². The topological polar surface area (TPSA) is 65.0 Å². The van der Waals surface area contributed by atoms with Crippen molar-refractivity contribution in [1.82, 2.24) is 10.2 Å². The summed E-state index contributed by atoms with van der Waals surface area (Å²) in [6.45, 7) is 4.64. The lowest BCUT2D eigenvalue weighted by Gasteiger charge is -2.37. The van der Waals surface area contributed by atoms with Gasteiger partial charge in [-0.25, -0.2) is 8.42 Å². The Bertz CT molecular complexity index is 860. The second-order valence-corrected chi connectivity index (χ2v) is 9.51. The highest BCUT2D eigenvalue weighted by atomic mass is 127. The summed E-state index contributed by atoms with van der Waals surface area (Å²) in [5.41, 5.74) is 1.10. The third-order valence-electron chi connectivity index (χ3n) is 4.66. The lowest BCUT2D eigenvalue weighted by molar-refractivity contribution is 0.374. The van der Waals surface area contributed by atoms with Gasteiger partial charge < -0.3 is 15.1 Å². The molecule has 1 saturated heterocycles. The molecule has 0 atom stereocenters. The average molecular weight is 534 g/mol. The molecular formula is C19H27IN4O2S2. The zero-order chi connectivity index (χ0) is 19.3. The molecule has 1 N–H and O–H groups in total. The van der Waals surface area contributed by atoms with Crippen LogP contribution in [0.15, 0.2) is 51.7 Å². The molecule has 2 aromatic rings. The Morgan fingerprint density at radius 1 is 1.14 bits per heavy atom. The molecular weight excluding hydrogens is 507 g/mol. The quantitative estimate of drug-likeness (QED) is 0.363. The van der Waals surface area contributed by atoms with Crippen molar-refractivity contribution in [3.05, 3.63) is 47.3 Å². The number of piperazine rings is 1. The maximum absolute atomic E-state index is 11.5. The zero-order valence-electron chi connectivity index (χ0n) is 16.2. The smallest absolute Gasteiger partial charge is 0.193 e. The molecule has 0 bridgehead atoms. The molecule has 154 valence electrons. The predicted molar refractivity (Wildman–Crippen MR) is 128 cm³/mol. The summed E-state index contributed by atoms with van der Waals surface area (Å²) < 4.78 is 23.0. The second-order valence-electron chi connectivity index (χ2n) is 6.57. The van der Waals surface area contributed by atoms with Crippen molar-refractivity contribution in [3.63, 3.8) is 0 Å². The standard InChI is InChI=1S/C19H26N4O2S2.HI/c1-20-19(23-13-11-22(12-14-23)18-4-3-15-26-18)21-10-9-16-5-7-17(8-6-16)27(2,24)25;/h3-8,15H,9-14H2,1-2H3,(H,20,21);1H. The molecule has 0 amide bonds. The molecule has 28 heavy (non-hydrogen) atoms. The number of nitrogens with one attached hydrogen (secondary N) is 1.